The summed E-state index contributed by atoms with van der Waals surface area (Å²) in [5.41, 5.74) is 2.67. The predicted octanol–water partition coefficient (Wildman–Crippen LogP) is 3.52. The molecule has 3 aromatic rings. The number of rotatable bonds is 6. The zero-order valence-corrected chi connectivity index (χ0v) is 18.8. The lowest BCUT2D eigenvalue weighted by molar-refractivity contribution is -0.124. The molecule has 0 aliphatic heterocycles. The van der Waals surface area contributed by atoms with E-state index in [1.807, 2.05) is 24.3 Å². The predicted molar refractivity (Wildman–Crippen MR) is 126 cm³/mol. The van der Waals surface area contributed by atoms with Gasteiger partial charge in [0.05, 0.1) is 11.8 Å². The first kappa shape index (κ1) is 21.9. The number of halogens is 1. The van der Waals surface area contributed by atoms with Crippen molar-refractivity contribution in [1.82, 2.24) is 20.0 Å². The number of aromatic nitrogens is 2. The molecule has 2 atom stereocenters. The van der Waals surface area contributed by atoms with E-state index in [0.717, 1.165) is 17.5 Å². The standard InChI is InChI=1S/C27H25FN4O2/c1-3-17-8-10-18(11-9-17)22-14-23(22)26(33)30-20-12-21(13-20)31(2)27(34)19-15-29-32(16-19)25-7-5-4-6-24(25)28/h1,4-11,15-16,20-23H,12-14H2,2H3,(H,30,33). The minimum atomic E-state index is -0.405. The van der Waals surface area contributed by atoms with Crippen molar-refractivity contribution in [3.8, 4) is 18.0 Å². The van der Waals surface area contributed by atoms with Crippen molar-refractivity contribution >= 4 is 11.8 Å². The summed E-state index contributed by atoms with van der Waals surface area (Å²) in [5.74, 6) is 2.35. The van der Waals surface area contributed by atoms with Crippen LogP contribution in [0, 0.1) is 24.1 Å². The van der Waals surface area contributed by atoms with Gasteiger partial charge < -0.3 is 10.2 Å². The van der Waals surface area contributed by atoms with Crippen molar-refractivity contribution in [1.29, 1.82) is 0 Å². The molecule has 1 aromatic heterocycles. The quantitative estimate of drug-likeness (QED) is 0.578. The molecular weight excluding hydrogens is 431 g/mol. The Bertz CT molecular complexity index is 1270. The molecule has 1 N–H and O–H groups in total. The van der Waals surface area contributed by atoms with E-state index in [2.05, 4.69) is 16.3 Å². The minimum Gasteiger partial charge on any atom is -0.353 e. The van der Waals surface area contributed by atoms with Gasteiger partial charge >= 0.3 is 0 Å². The SMILES string of the molecule is C#Cc1ccc(C2CC2C(=O)NC2CC(N(C)C(=O)c3cnn(-c4ccccc4F)c3)C2)cc1. The summed E-state index contributed by atoms with van der Waals surface area (Å²) in [6.45, 7) is 0. The molecule has 172 valence electrons. The van der Waals surface area contributed by atoms with E-state index in [-0.39, 0.29) is 35.7 Å². The Morgan fingerprint density at radius 1 is 1.15 bits per heavy atom. The van der Waals surface area contributed by atoms with Gasteiger partial charge in [0.2, 0.25) is 5.91 Å². The van der Waals surface area contributed by atoms with Gasteiger partial charge in [-0.15, -0.1) is 6.42 Å². The third kappa shape index (κ3) is 4.19. The average Bonchev–Trinajstić information content (AvgIpc) is 3.49. The molecule has 5 rings (SSSR count). The fourth-order valence-electron chi connectivity index (χ4n) is 4.58. The molecule has 0 saturated heterocycles. The number of carbonyl (C=O) groups excluding carboxylic acids is 2. The lowest BCUT2D eigenvalue weighted by Gasteiger charge is -2.41. The van der Waals surface area contributed by atoms with Gasteiger partial charge in [0.15, 0.2) is 0 Å². The molecule has 6 nitrogen and oxygen atoms in total. The minimum absolute atomic E-state index is 0.000631. The molecule has 2 amide bonds. The maximum Gasteiger partial charge on any atom is 0.257 e. The average molecular weight is 457 g/mol. The van der Waals surface area contributed by atoms with Crippen molar-refractivity contribution in [2.45, 2.75) is 37.3 Å². The number of terminal acetylenes is 1. The largest absolute Gasteiger partial charge is 0.353 e. The molecule has 34 heavy (non-hydrogen) atoms. The Labute approximate surface area is 197 Å². The second-order valence-corrected chi connectivity index (χ2v) is 9.09. The Kier molecular flexibility index (Phi) is 5.66. The van der Waals surface area contributed by atoms with Gasteiger partial charge in [-0.2, -0.15) is 5.10 Å². The van der Waals surface area contributed by atoms with Crippen LogP contribution < -0.4 is 5.32 Å². The van der Waals surface area contributed by atoms with Gasteiger partial charge in [-0.1, -0.05) is 30.2 Å². The Hall–Kier alpha value is -3.92. The van der Waals surface area contributed by atoms with Crippen molar-refractivity contribution < 1.29 is 14.0 Å². The molecule has 1 heterocycles. The summed E-state index contributed by atoms with van der Waals surface area (Å²) in [4.78, 5) is 27.2. The lowest BCUT2D eigenvalue weighted by Crippen LogP contribution is -2.54. The first-order valence-electron chi connectivity index (χ1n) is 11.4. The number of hydrogen-bond donors (Lipinski definition) is 1. The molecule has 2 aromatic carbocycles. The summed E-state index contributed by atoms with van der Waals surface area (Å²) in [6, 6.07) is 14.2. The number of hydrogen-bond acceptors (Lipinski definition) is 3. The molecular formula is C27H25FN4O2. The van der Waals surface area contributed by atoms with Crippen molar-refractivity contribution in [3.63, 3.8) is 0 Å². The van der Waals surface area contributed by atoms with Crippen LogP contribution in [0.4, 0.5) is 4.39 Å². The van der Waals surface area contributed by atoms with E-state index in [4.69, 9.17) is 6.42 Å². The molecule has 7 heteroatoms. The summed E-state index contributed by atoms with van der Waals surface area (Å²) >= 11 is 0. The van der Waals surface area contributed by atoms with Crippen LogP contribution in [-0.2, 0) is 4.79 Å². The number of nitrogens with zero attached hydrogens (tertiary/aromatic N) is 3. The van der Waals surface area contributed by atoms with E-state index in [1.165, 1.54) is 16.9 Å². The van der Waals surface area contributed by atoms with Gasteiger partial charge in [0.1, 0.15) is 11.5 Å². The van der Waals surface area contributed by atoms with Crippen LogP contribution in [0.2, 0.25) is 0 Å². The highest BCUT2D eigenvalue weighted by atomic mass is 19.1. The molecule has 2 saturated carbocycles. The Morgan fingerprint density at radius 2 is 1.88 bits per heavy atom. The van der Waals surface area contributed by atoms with E-state index in [0.29, 0.717) is 24.1 Å². The highest BCUT2D eigenvalue weighted by Crippen LogP contribution is 2.47. The summed E-state index contributed by atoms with van der Waals surface area (Å²) < 4.78 is 15.4. The van der Waals surface area contributed by atoms with E-state index < -0.39 is 5.82 Å². The van der Waals surface area contributed by atoms with E-state index in [1.54, 1.807) is 36.3 Å². The zero-order valence-electron chi connectivity index (χ0n) is 18.8. The molecule has 2 aliphatic rings. The van der Waals surface area contributed by atoms with Crippen LogP contribution in [0.15, 0.2) is 60.9 Å². The topological polar surface area (TPSA) is 67.2 Å². The van der Waals surface area contributed by atoms with Gasteiger partial charge in [0, 0.05) is 36.8 Å². The Balaban J connectivity index is 1.11. The highest BCUT2D eigenvalue weighted by Gasteiger charge is 2.45. The van der Waals surface area contributed by atoms with Gasteiger partial charge in [-0.05, 0) is 55.0 Å². The van der Waals surface area contributed by atoms with E-state index in [9.17, 15) is 14.0 Å². The number of nitrogens with one attached hydrogen (secondary N) is 1. The molecule has 0 spiro atoms. The van der Waals surface area contributed by atoms with Crippen LogP contribution in [0.5, 0.6) is 0 Å². The molecule has 0 bridgehead atoms. The molecule has 2 aliphatic carbocycles. The van der Waals surface area contributed by atoms with E-state index >= 15 is 0 Å². The highest BCUT2D eigenvalue weighted by molar-refractivity contribution is 5.94. The second kappa shape index (κ2) is 8.79. The lowest BCUT2D eigenvalue weighted by atomic mass is 9.85. The molecule has 0 radical (unpaired) electrons. The summed E-state index contributed by atoms with van der Waals surface area (Å²) in [6.07, 6.45) is 10.7. The maximum atomic E-state index is 14.0. The summed E-state index contributed by atoms with van der Waals surface area (Å²) in [5, 5.41) is 7.27. The monoisotopic (exact) mass is 456 g/mol. The normalized spacial score (nSPS) is 22.9. The van der Waals surface area contributed by atoms with Crippen LogP contribution in [0.1, 0.15) is 46.7 Å². The summed E-state index contributed by atoms with van der Waals surface area (Å²) in [7, 11) is 1.75. The molecule has 2 fully saturated rings. The zero-order chi connectivity index (χ0) is 23.8. The fourth-order valence-corrected chi connectivity index (χ4v) is 4.58. The van der Waals surface area contributed by atoms with Gasteiger partial charge in [-0.3, -0.25) is 9.59 Å². The second-order valence-electron chi connectivity index (χ2n) is 9.09. The smallest absolute Gasteiger partial charge is 0.257 e. The van der Waals surface area contributed by atoms with Crippen molar-refractivity contribution in [2.24, 2.45) is 5.92 Å². The third-order valence-electron chi connectivity index (χ3n) is 6.89. The molecule has 2 unspecified atom stereocenters. The van der Waals surface area contributed by atoms with Gasteiger partial charge in [-0.25, -0.2) is 9.07 Å². The third-order valence-corrected chi connectivity index (χ3v) is 6.89. The number of para-hydroxylation sites is 1. The van der Waals surface area contributed by atoms with Crippen LogP contribution in [-0.4, -0.2) is 45.6 Å². The van der Waals surface area contributed by atoms with Crippen LogP contribution in [0.3, 0.4) is 0 Å². The van der Waals surface area contributed by atoms with Crippen molar-refractivity contribution in [2.75, 3.05) is 7.05 Å². The maximum absolute atomic E-state index is 14.0. The number of carbonyl (C=O) groups is 2. The number of amides is 2. The van der Waals surface area contributed by atoms with Crippen LogP contribution >= 0.6 is 0 Å². The van der Waals surface area contributed by atoms with Gasteiger partial charge in [0.25, 0.3) is 5.91 Å². The Morgan fingerprint density at radius 3 is 2.59 bits per heavy atom. The first-order valence-corrected chi connectivity index (χ1v) is 11.4. The first-order chi connectivity index (χ1) is 16.4. The number of benzene rings is 2. The van der Waals surface area contributed by atoms with Crippen LogP contribution in [0.25, 0.3) is 5.69 Å². The fraction of sp³-hybridized carbons (Fsp3) is 0.296. The van der Waals surface area contributed by atoms with Crippen molar-refractivity contribution in [3.05, 3.63) is 83.4 Å².